The molecule has 2 aliphatic heterocycles. The Labute approximate surface area is 228 Å². The van der Waals surface area contributed by atoms with E-state index in [0.29, 0.717) is 38.3 Å². The monoisotopic (exact) mass is 547 g/mol. The smallest absolute Gasteiger partial charge is 0.343 e. The Kier molecular flexibility index (Phi) is 6.36. The number of piperidine rings is 1. The minimum Gasteiger partial charge on any atom is -0.492 e. The number of amides is 1. The van der Waals surface area contributed by atoms with Crippen molar-refractivity contribution in [3.63, 3.8) is 0 Å². The first-order valence-corrected chi connectivity index (χ1v) is 13.1. The van der Waals surface area contributed by atoms with Crippen molar-refractivity contribution in [2.24, 2.45) is 0 Å². The number of rotatable bonds is 5. The van der Waals surface area contributed by atoms with Gasteiger partial charge in [0.25, 0.3) is 5.91 Å². The largest absolute Gasteiger partial charge is 0.492 e. The molecule has 1 amide bonds. The van der Waals surface area contributed by atoms with Crippen molar-refractivity contribution in [3.05, 3.63) is 82.7 Å². The van der Waals surface area contributed by atoms with Gasteiger partial charge in [0, 0.05) is 36.3 Å². The fraction of sp³-hybridized carbons (Fsp3) is 0.310. The van der Waals surface area contributed by atoms with Gasteiger partial charge in [0.1, 0.15) is 34.3 Å². The van der Waals surface area contributed by atoms with Crippen molar-refractivity contribution in [1.82, 2.24) is 19.5 Å². The summed E-state index contributed by atoms with van der Waals surface area (Å²) in [7, 11) is 0. The molecule has 0 atom stereocenters. The zero-order chi connectivity index (χ0) is 28.0. The molecule has 0 radical (unpaired) electrons. The SMILES string of the molecule is CCOC(=O)c1cnn2c(Nc3cc(C)ccc3F)c(C(=O)N3CCC4(CC3)COc3cc(F)ccc34)cnc12. The van der Waals surface area contributed by atoms with Crippen LogP contribution in [0.3, 0.4) is 0 Å². The summed E-state index contributed by atoms with van der Waals surface area (Å²) in [5.74, 6) is -1.04. The van der Waals surface area contributed by atoms with Crippen LogP contribution in [0.25, 0.3) is 5.65 Å². The number of esters is 1. The number of carbonyl (C=O) groups excluding carboxylic acids is 2. The number of nitrogens with one attached hydrogen (secondary N) is 1. The number of anilines is 2. The zero-order valence-electron chi connectivity index (χ0n) is 22.0. The first-order valence-electron chi connectivity index (χ1n) is 13.1. The Bertz CT molecular complexity index is 1650. The van der Waals surface area contributed by atoms with Crippen molar-refractivity contribution >= 4 is 29.0 Å². The van der Waals surface area contributed by atoms with E-state index in [0.717, 1.165) is 11.1 Å². The van der Waals surface area contributed by atoms with Crippen LogP contribution >= 0.6 is 0 Å². The molecular weight excluding hydrogens is 520 g/mol. The van der Waals surface area contributed by atoms with Crippen LogP contribution in [0.5, 0.6) is 5.75 Å². The maximum Gasteiger partial charge on any atom is 0.343 e. The second-order valence-corrected chi connectivity index (χ2v) is 10.1. The number of hydrogen-bond acceptors (Lipinski definition) is 7. The molecule has 0 aliphatic carbocycles. The lowest BCUT2D eigenvalue weighted by Crippen LogP contribution is -2.46. The van der Waals surface area contributed by atoms with Crippen molar-refractivity contribution in [2.45, 2.75) is 32.1 Å². The first kappa shape index (κ1) is 25.7. The lowest BCUT2D eigenvalue weighted by Gasteiger charge is -2.38. The quantitative estimate of drug-likeness (QED) is 0.359. The summed E-state index contributed by atoms with van der Waals surface area (Å²) in [5.41, 5.74) is 2.12. The van der Waals surface area contributed by atoms with Gasteiger partial charge in [-0.1, -0.05) is 12.1 Å². The van der Waals surface area contributed by atoms with Crippen LogP contribution in [0.1, 0.15) is 51.6 Å². The van der Waals surface area contributed by atoms with Gasteiger partial charge >= 0.3 is 5.97 Å². The van der Waals surface area contributed by atoms with Crippen LogP contribution < -0.4 is 10.1 Å². The second kappa shape index (κ2) is 9.89. The highest BCUT2D eigenvalue weighted by atomic mass is 19.1. The number of aromatic nitrogens is 3. The number of hydrogen-bond donors (Lipinski definition) is 1. The molecule has 2 aliphatic rings. The molecule has 1 N–H and O–H groups in total. The fourth-order valence-corrected chi connectivity index (χ4v) is 5.49. The lowest BCUT2D eigenvalue weighted by molar-refractivity contribution is 0.0528. The van der Waals surface area contributed by atoms with Gasteiger partial charge < -0.3 is 19.7 Å². The van der Waals surface area contributed by atoms with Gasteiger partial charge in [0.05, 0.1) is 25.1 Å². The Morgan fingerprint density at radius 2 is 1.90 bits per heavy atom. The molecular formula is C29H27F2N5O4. The molecule has 2 aromatic heterocycles. The number of carbonyl (C=O) groups is 2. The molecule has 4 heterocycles. The van der Waals surface area contributed by atoms with Crippen LogP contribution in [-0.2, 0) is 10.2 Å². The van der Waals surface area contributed by atoms with Gasteiger partial charge in [0.15, 0.2) is 5.65 Å². The highest BCUT2D eigenvalue weighted by molar-refractivity contribution is 6.01. The Morgan fingerprint density at radius 3 is 2.67 bits per heavy atom. The second-order valence-electron chi connectivity index (χ2n) is 10.1. The maximum absolute atomic E-state index is 14.8. The van der Waals surface area contributed by atoms with Gasteiger partial charge in [-0.25, -0.2) is 18.6 Å². The summed E-state index contributed by atoms with van der Waals surface area (Å²) in [5, 5.41) is 7.32. The zero-order valence-corrected chi connectivity index (χ0v) is 22.0. The molecule has 1 spiro atoms. The molecule has 1 fully saturated rings. The van der Waals surface area contributed by atoms with Crippen molar-refractivity contribution in [2.75, 3.05) is 31.6 Å². The molecule has 0 saturated carbocycles. The normalized spacial score (nSPS) is 15.7. The number of aryl methyl sites for hydroxylation is 1. The molecule has 9 nitrogen and oxygen atoms in total. The topological polar surface area (TPSA) is 98.1 Å². The predicted octanol–water partition coefficient (Wildman–Crippen LogP) is 4.80. The van der Waals surface area contributed by atoms with Crippen LogP contribution in [-0.4, -0.2) is 57.7 Å². The maximum atomic E-state index is 14.8. The van der Waals surface area contributed by atoms with E-state index in [9.17, 15) is 18.4 Å². The summed E-state index contributed by atoms with van der Waals surface area (Å²) in [6.07, 6.45) is 3.96. The van der Waals surface area contributed by atoms with Gasteiger partial charge in [-0.15, -0.1) is 0 Å². The Morgan fingerprint density at radius 1 is 1.10 bits per heavy atom. The Balaban J connectivity index is 1.34. The summed E-state index contributed by atoms with van der Waals surface area (Å²) < 4.78 is 40.7. The number of fused-ring (bicyclic) bond motifs is 3. The summed E-state index contributed by atoms with van der Waals surface area (Å²) in [4.78, 5) is 32.4. The molecule has 0 bridgehead atoms. The number of likely N-dealkylation sites (tertiary alicyclic amines) is 1. The summed E-state index contributed by atoms with van der Waals surface area (Å²) in [6.45, 7) is 5.00. The predicted molar refractivity (Wildman–Crippen MR) is 142 cm³/mol. The average molecular weight is 548 g/mol. The molecule has 6 rings (SSSR count). The molecule has 40 heavy (non-hydrogen) atoms. The third-order valence-electron chi connectivity index (χ3n) is 7.65. The minimum absolute atomic E-state index is 0.130. The van der Waals surface area contributed by atoms with E-state index in [1.165, 1.54) is 35.1 Å². The minimum atomic E-state index is -0.600. The molecule has 4 aromatic rings. The van der Waals surface area contributed by atoms with Crippen molar-refractivity contribution in [3.8, 4) is 5.75 Å². The standard InChI is InChI=1S/C29H27F2N5O4/c1-3-39-28(38)20-15-33-36-25(20)32-14-19(26(36)34-23-12-17(2)4-7-22(23)31)27(37)35-10-8-29(9-11-35)16-40-24-13-18(30)5-6-21(24)29/h4-7,12-15,34H,3,8-11,16H2,1-2H3. The van der Waals surface area contributed by atoms with Crippen LogP contribution in [0.4, 0.5) is 20.3 Å². The third-order valence-corrected chi connectivity index (χ3v) is 7.65. The molecule has 0 unspecified atom stereocenters. The van der Waals surface area contributed by atoms with Gasteiger partial charge in [-0.3, -0.25) is 4.79 Å². The first-order chi connectivity index (χ1) is 19.3. The van der Waals surface area contributed by atoms with E-state index in [4.69, 9.17) is 9.47 Å². The highest BCUT2D eigenvalue weighted by Crippen LogP contribution is 2.46. The highest BCUT2D eigenvalue weighted by Gasteiger charge is 2.44. The molecule has 206 valence electrons. The Hall–Kier alpha value is -4.54. The number of halogens is 2. The van der Waals surface area contributed by atoms with Crippen molar-refractivity contribution < 1.29 is 27.8 Å². The van der Waals surface area contributed by atoms with Gasteiger partial charge in [-0.2, -0.15) is 9.61 Å². The van der Waals surface area contributed by atoms with Crippen LogP contribution in [0.2, 0.25) is 0 Å². The lowest BCUT2D eigenvalue weighted by atomic mass is 9.74. The summed E-state index contributed by atoms with van der Waals surface area (Å²) in [6, 6.07) is 9.21. The van der Waals surface area contributed by atoms with E-state index in [1.807, 2.05) is 6.92 Å². The van der Waals surface area contributed by atoms with Crippen molar-refractivity contribution in [1.29, 1.82) is 0 Å². The number of nitrogens with zero attached hydrogens (tertiary/aromatic N) is 4. The average Bonchev–Trinajstić information content (AvgIpc) is 3.53. The third kappa shape index (κ3) is 4.31. The molecule has 11 heteroatoms. The number of benzene rings is 2. The molecule has 2 aromatic carbocycles. The van der Waals surface area contributed by atoms with E-state index < -0.39 is 11.8 Å². The fourth-order valence-electron chi connectivity index (χ4n) is 5.49. The van der Waals surface area contributed by atoms with E-state index in [1.54, 1.807) is 30.0 Å². The van der Waals surface area contributed by atoms with Crippen LogP contribution in [0.15, 0.2) is 48.8 Å². The van der Waals surface area contributed by atoms with E-state index in [-0.39, 0.29) is 52.0 Å². The van der Waals surface area contributed by atoms with Gasteiger partial charge in [-0.05, 0) is 50.5 Å². The van der Waals surface area contributed by atoms with Gasteiger partial charge in [0.2, 0.25) is 0 Å². The summed E-state index contributed by atoms with van der Waals surface area (Å²) >= 11 is 0. The van der Waals surface area contributed by atoms with E-state index >= 15 is 0 Å². The number of ether oxygens (including phenoxy) is 2. The van der Waals surface area contributed by atoms with E-state index in [2.05, 4.69) is 15.4 Å². The van der Waals surface area contributed by atoms with Crippen LogP contribution in [0, 0.1) is 18.6 Å². The molecule has 1 saturated heterocycles.